The molecule has 3 aromatic carbocycles. The fourth-order valence-electron chi connectivity index (χ4n) is 2.97. The van der Waals surface area contributed by atoms with E-state index in [0.717, 1.165) is 25.5 Å². The smallest absolute Gasteiger partial charge is 0.264 e. The minimum atomic E-state index is -3.92. The summed E-state index contributed by atoms with van der Waals surface area (Å²) in [6, 6.07) is 21.2. The maximum absolute atomic E-state index is 13.3. The number of sulfonamides is 1. The van der Waals surface area contributed by atoms with Gasteiger partial charge in [-0.25, -0.2) is 8.42 Å². The van der Waals surface area contributed by atoms with Crippen molar-refractivity contribution in [1.82, 2.24) is 5.32 Å². The number of aryl methyl sites for hydroxylation is 2. The molecule has 0 saturated carbocycles. The molecular formula is C23H23BrN2O3S. The van der Waals surface area contributed by atoms with E-state index in [4.69, 9.17) is 0 Å². The zero-order chi connectivity index (χ0) is 21.7. The summed E-state index contributed by atoms with van der Waals surface area (Å²) in [5.41, 5.74) is 3.42. The number of nitrogens with zero attached hydrogens (tertiary/aromatic N) is 1. The molecule has 0 radical (unpaired) electrons. The lowest BCUT2D eigenvalue weighted by Gasteiger charge is -2.24. The lowest BCUT2D eigenvalue weighted by Crippen LogP contribution is -2.40. The number of carbonyl (C=O) groups is 1. The molecule has 0 atom stereocenters. The van der Waals surface area contributed by atoms with E-state index in [1.165, 1.54) is 0 Å². The number of anilines is 1. The third-order valence-electron chi connectivity index (χ3n) is 4.73. The lowest BCUT2D eigenvalue weighted by atomic mass is 10.1. The molecule has 0 unspecified atom stereocenters. The molecule has 0 aliphatic rings. The van der Waals surface area contributed by atoms with Gasteiger partial charge >= 0.3 is 0 Å². The number of halogens is 1. The zero-order valence-electron chi connectivity index (χ0n) is 16.8. The second-order valence-electron chi connectivity index (χ2n) is 7.01. The SMILES string of the molecule is Cc1ccc(S(=O)(=O)N(CC(=O)NCc2ccccc2C)c2cccc(Br)c2)cc1. The van der Waals surface area contributed by atoms with Gasteiger partial charge in [0.1, 0.15) is 6.54 Å². The predicted octanol–water partition coefficient (Wildman–Crippen LogP) is 4.58. The Morgan fingerprint density at radius 3 is 2.33 bits per heavy atom. The maximum Gasteiger partial charge on any atom is 0.264 e. The van der Waals surface area contributed by atoms with Crippen molar-refractivity contribution >= 4 is 37.5 Å². The lowest BCUT2D eigenvalue weighted by molar-refractivity contribution is -0.119. The summed E-state index contributed by atoms with van der Waals surface area (Å²) in [6.45, 7) is 3.87. The fraction of sp³-hybridized carbons (Fsp3) is 0.174. The van der Waals surface area contributed by atoms with Gasteiger partial charge in [0.15, 0.2) is 0 Å². The van der Waals surface area contributed by atoms with Crippen molar-refractivity contribution in [2.45, 2.75) is 25.3 Å². The molecule has 0 aliphatic carbocycles. The maximum atomic E-state index is 13.3. The Bertz CT molecular complexity index is 1150. The minimum Gasteiger partial charge on any atom is -0.350 e. The van der Waals surface area contributed by atoms with Crippen LogP contribution in [0.1, 0.15) is 16.7 Å². The van der Waals surface area contributed by atoms with E-state index >= 15 is 0 Å². The van der Waals surface area contributed by atoms with Gasteiger partial charge < -0.3 is 5.32 Å². The van der Waals surface area contributed by atoms with Crippen LogP contribution in [0, 0.1) is 13.8 Å². The zero-order valence-corrected chi connectivity index (χ0v) is 19.2. The average Bonchev–Trinajstić information content (AvgIpc) is 2.71. The molecule has 1 amide bonds. The summed E-state index contributed by atoms with van der Waals surface area (Å²) in [7, 11) is -3.92. The van der Waals surface area contributed by atoms with Gasteiger partial charge in [-0.15, -0.1) is 0 Å². The van der Waals surface area contributed by atoms with Crippen LogP contribution in [0.5, 0.6) is 0 Å². The Kier molecular flexibility index (Phi) is 6.95. The Morgan fingerprint density at radius 2 is 1.67 bits per heavy atom. The number of nitrogens with one attached hydrogen (secondary N) is 1. The molecule has 0 fully saturated rings. The normalized spacial score (nSPS) is 11.2. The van der Waals surface area contributed by atoms with Gasteiger partial charge in [0, 0.05) is 11.0 Å². The highest BCUT2D eigenvalue weighted by Crippen LogP contribution is 2.26. The van der Waals surface area contributed by atoms with Crippen LogP contribution in [0.2, 0.25) is 0 Å². The highest BCUT2D eigenvalue weighted by molar-refractivity contribution is 9.10. The van der Waals surface area contributed by atoms with Crippen molar-refractivity contribution in [3.8, 4) is 0 Å². The standard InChI is InChI=1S/C23H23BrN2O3S/c1-17-10-12-22(13-11-17)30(28,29)26(21-9-5-8-20(24)14-21)16-23(27)25-15-19-7-4-3-6-18(19)2/h3-14H,15-16H2,1-2H3,(H,25,27). The summed E-state index contributed by atoms with van der Waals surface area (Å²) in [6.07, 6.45) is 0. The molecule has 7 heteroatoms. The van der Waals surface area contributed by atoms with Crippen molar-refractivity contribution < 1.29 is 13.2 Å². The largest absolute Gasteiger partial charge is 0.350 e. The monoisotopic (exact) mass is 486 g/mol. The number of benzene rings is 3. The molecule has 3 rings (SSSR count). The topological polar surface area (TPSA) is 66.5 Å². The van der Waals surface area contributed by atoms with Crippen LogP contribution >= 0.6 is 15.9 Å². The van der Waals surface area contributed by atoms with E-state index in [9.17, 15) is 13.2 Å². The summed E-state index contributed by atoms with van der Waals surface area (Å²) in [4.78, 5) is 12.8. The Balaban J connectivity index is 1.87. The van der Waals surface area contributed by atoms with Crippen molar-refractivity contribution in [1.29, 1.82) is 0 Å². The molecular weight excluding hydrogens is 464 g/mol. The molecule has 0 aliphatic heterocycles. The number of carbonyl (C=O) groups excluding carboxylic acids is 1. The third-order valence-corrected chi connectivity index (χ3v) is 7.01. The first-order valence-corrected chi connectivity index (χ1v) is 11.7. The highest BCUT2D eigenvalue weighted by Gasteiger charge is 2.27. The van der Waals surface area contributed by atoms with Crippen LogP contribution in [0.4, 0.5) is 5.69 Å². The number of amides is 1. The number of hydrogen-bond donors (Lipinski definition) is 1. The molecule has 30 heavy (non-hydrogen) atoms. The van der Waals surface area contributed by atoms with Gasteiger partial charge in [-0.05, 0) is 55.3 Å². The first-order valence-electron chi connectivity index (χ1n) is 9.43. The third kappa shape index (κ3) is 5.29. The van der Waals surface area contributed by atoms with E-state index in [1.54, 1.807) is 48.5 Å². The molecule has 0 bridgehead atoms. The van der Waals surface area contributed by atoms with Crippen molar-refractivity contribution in [2.75, 3.05) is 10.8 Å². The number of hydrogen-bond acceptors (Lipinski definition) is 3. The van der Waals surface area contributed by atoms with Crippen LogP contribution in [0.25, 0.3) is 0 Å². The van der Waals surface area contributed by atoms with Crippen LogP contribution in [0.3, 0.4) is 0 Å². The summed E-state index contributed by atoms with van der Waals surface area (Å²) in [5, 5.41) is 2.83. The fourth-order valence-corrected chi connectivity index (χ4v) is 4.77. The van der Waals surface area contributed by atoms with Crippen LogP contribution < -0.4 is 9.62 Å². The van der Waals surface area contributed by atoms with Crippen LogP contribution in [-0.2, 0) is 21.4 Å². The highest BCUT2D eigenvalue weighted by atomic mass is 79.9. The van der Waals surface area contributed by atoms with Crippen molar-refractivity contribution in [2.24, 2.45) is 0 Å². The molecule has 3 aromatic rings. The van der Waals surface area contributed by atoms with Gasteiger partial charge in [0.25, 0.3) is 10.0 Å². The van der Waals surface area contributed by atoms with E-state index < -0.39 is 10.0 Å². The van der Waals surface area contributed by atoms with Gasteiger partial charge in [-0.1, -0.05) is 64.0 Å². The number of rotatable bonds is 7. The van der Waals surface area contributed by atoms with Gasteiger partial charge in [0.05, 0.1) is 10.6 Å². The second-order valence-corrected chi connectivity index (χ2v) is 9.79. The van der Waals surface area contributed by atoms with Crippen LogP contribution in [-0.4, -0.2) is 20.9 Å². The Morgan fingerprint density at radius 1 is 0.967 bits per heavy atom. The molecule has 0 aromatic heterocycles. The first-order chi connectivity index (χ1) is 14.3. The average molecular weight is 487 g/mol. The molecule has 0 heterocycles. The minimum absolute atomic E-state index is 0.139. The summed E-state index contributed by atoms with van der Waals surface area (Å²) >= 11 is 3.38. The van der Waals surface area contributed by atoms with E-state index in [1.807, 2.05) is 38.1 Å². The van der Waals surface area contributed by atoms with E-state index in [0.29, 0.717) is 12.2 Å². The molecule has 0 spiro atoms. The van der Waals surface area contributed by atoms with E-state index in [2.05, 4.69) is 21.2 Å². The molecule has 0 saturated heterocycles. The molecule has 1 N–H and O–H groups in total. The second kappa shape index (κ2) is 9.45. The molecule has 156 valence electrons. The van der Waals surface area contributed by atoms with Crippen molar-refractivity contribution in [3.05, 3.63) is 94.0 Å². The summed E-state index contributed by atoms with van der Waals surface area (Å²) < 4.78 is 28.6. The van der Waals surface area contributed by atoms with Gasteiger partial charge in [-0.3, -0.25) is 9.10 Å². The predicted molar refractivity (Wildman–Crippen MR) is 123 cm³/mol. The quantitative estimate of drug-likeness (QED) is 0.531. The van der Waals surface area contributed by atoms with Crippen LogP contribution in [0.15, 0.2) is 82.2 Å². The van der Waals surface area contributed by atoms with Gasteiger partial charge in [-0.2, -0.15) is 0 Å². The van der Waals surface area contributed by atoms with E-state index in [-0.39, 0.29) is 17.3 Å². The Labute approximate surface area is 185 Å². The first kappa shape index (κ1) is 22.1. The van der Waals surface area contributed by atoms with Crippen molar-refractivity contribution in [3.63, 3.8) is 0 Å². The summed E-state index contributed by atoms with van der Waals surface area (Å²) in [5.74, 6) is -0.381. The van der Waals surface area contributed by atoms with Gasteiger partial charge in [0.2, 0.25) is 5.91 Å². The Hall–Kier alpha value is -2.64. The molecule has 5 nitrogen and oxygen atoms in total.